The van der Waals surface area contributed by atoms with Crippen molar-refractivity contribution in [2.45, 2.75) is 43.9 Å². The van der Waals surface area contributed by atoms with E-state index < -0.39 is 23.5 Å². The summed E-state index contributed by atoms with van der Waals surface area (Å²) < 4.78 is 45.6. The van der Waals surface area contributed by atoms with E-state index in [1.165, 1.54) is 43.0 Å². The predicted octanol–water partition coefficient (Wildman–Crippen LogP) is 4.70. The van der Waals surface area contributed by atoms with Gasteiger partial charge in [-0.3, -0.25) is 15.0 Å². The molecule has 0 spiro atoms. The quantitative estimate of drug-likeness (QED) is 0.273. The summed E-state index contributed by atoms with van der Waals surface area (Å²) in [5.41, 5.74) is -0.611. The Morgan fingerprint density at radius 2 is 1.78 bits per heavy atom. The summed E-state index contributed by atoms with van der Waals surface area (Å²) in [7, 11) is 1.45. The number of aromatic nitrogens is 8. The van der Waals surface area contributed by atoms with E-state index in [-0.39, 0.29) is 40.6 Å². The normalized spacial score (nSPS) is 17.2. The van der Waals surface area contributed by atoms with Crippen LogP contribution in [-0.2, 0) is 6.18 Å². The van der Waals surface area contributed by atoms with Crippen molar-refractivity contribution in [3.05, 3.63) is 47.8 Å². The van der Waals surface area contributed by atoms with E-state index in [9.17, 15) is 23.1 Å². The first-order valence-electron chi connectivity index (χ1n) is 12.2. The minimum absolute atomic E-state index is 0.0112. The van der Waals surface area contributed by atoms with Gasteiger partial charge in [0, 0.05) is 42.4 Å². The lowest BCUT2D eigenvalue weighted by atomic mass is 9.90. The lowest BCUT2D eigenvalue weighted by molar-refractivity contribution is -0.137. The number of ether oxygens (including phenoxy) is 1. The third-order valence-electron chi connectivity index (χ3n) is 6.50. The highest BCUT2D eigenvalue weighted by atomic mass is 35.5. The molecule has 4 aromatic rings. The number of nitrogens with zero attached hydrogens (tertiary/aromatic N) is 8. The third kappa shape index (κ3) is 6.11. The number of halogens is 4. The summed E-state index contributed by atoms with van der Waals surface area (Å²) in [5, 5.41) is 19.2. The first kappa shape index (κ1) is 27.9. The van der Waals surface area contributed by atoms with Gasteiger partial charge in [0.05, 0.1) is 30.2 Å². The number of nitrogens with one attached hydrogen (secondary N) is 2. The SMILES string of the molecule is COc1ncc(-c2cnc(N(C(=O)O)[C@H]3CC[C@H](Nc4ncc(C(F)(F)F)c(-c5n[nH]cc5Cl)n4)CC3)cn2)cn1. The molecule has 1 aliphatic carbocycles. The zero-order valence-corrected chi connectivity index (χ0v) is 22.1. The van der Waals surface area contributed by atoms with E-state index >= 15 is 0 Å². The highest BCUT2D eigenvalue weighted by Crippen LogP contribution is 2.38. The molecule has 17 heteroatoms. The van der Waals surface area contributed by atoms with Crippen LogP contribution < -0.4 is 15.0 Å². The van der Waals surface area contributed by atoms with Crippen molar-refractivity contribution >= 4 is 29.5 Å². The number of methoxy groups -OCH3 is 1. The van der Waals surface area contributed by atoms with E-state index in [1.54, 1.807) is 0 Å². The molecule has 0 bridgehead atoms. The summed E-state index contributed by atoms with van der Waals surface area (Å²) in [4.78, 5) is 37.9. The molecule has 5 rings (SSSR count). The van der Waals surface area contributed by atoms with Crippen LogP contribution in [0.25, 0.3) is 22.6 Å². The minimum atomic E-state index is -4.71. The van der Waals surface area contributed by atoms with E-state index in [2.05, 4.69) is 45.4 Å². The lowest BCUT2D eigenvalue weighted by Crippen LogP contribution is -2.44. The summed E-state index contributed by atoms with van der Waals surface area (Å²) in [5.74, 6) is 0.147. The second kappa shape index (κ2) is 11.5. The van der Waals surface area contributed by atoms with Crippen molar-refractivity contribution in [1.29, 1.82) is 0 Å². The number of hydrogen-bond donors (Lipinski definition) is 3. The molecule has 4 aromatic heterocycles. The third-order valence-corrected chi connectivity index (χ3v) is 6.79. The minimum Gasteiger partial charge on any atom is -0.467 e. The van der Waals surface area contributed by atoms with Crippen molar-refractivity contribution in [2.75, 3.05) is 17.3 Å². The molecule has 0 aliphatic heterocycles. The van der Waals surface area contributed by atoms with Gasteiger partial charge in [-0.05, 0) is 25.7 Å². The molecular formula is C24H22ClF3N10O3. The molecule has 4 heterocycles. The molecule has 1 fully saturated rings. The molecule has 0 atom stereocenters. The summed E-state index contributed by atoms with van der Waals surface area (Å²) >= 11 is 6.00. The van der Waals surface area contributed by atoms with E-state index in [0.717, 1.165) is 0 Å². The molecule has 214 valence electrons. The van der Waals surface area contributed by atoms with Crippen LogP contribution in [0.15, 0.2) is 37.2 Å². The molecule has 13 nitrogen and oxygen atoms in total. The topological polar surface area (TPSA) is 168 Å². The van der Waals surface area contributed by atoms with Gasteiger partial charge in [0.1, 0.15) is 17.0 Å². The molecule has 0 radical (unpaired) electrons. The molecule has 1 amide bonds. The van der Waals surface area contributed by atoms with E-state index in [4.69, 9.17) is 16.3 Å². The first-order chi connectivity index (χ1) is 19.6. The highest BCUT2D eigenvalue weighted by molar-refractivity contribution is 6.32. The van der Waals surface area contributed by atoms with E-state index in [1.807, 2.05) is 0 Å². The Hall–Kier alpha value is -4.60. The van der Waals surface area contributed by atoms with Crippen LogP contribution in [0.3, 0.4) is 0 Å². The lowest BCUT2D eigenvalue weighted by Gasteiger charge is -2.34. The predicted molar refractivity (Wildman–Crippen MR) is 139 cm³/mol. The van der Waals surface area contributed by atoms with Gasteiger partial charge in [-0.15, -0.1) is 0 Å². The Kier molecular flexibility index (Phi) is 7.83. The van der Waals surface area contributed by atoms with Gasteiger partial charge in [0.2, 0.25) is 5.95 Å². The summed E-state index contributed by atoms with van der Waals surface area (Å²) in [6.07, 6.45) is 3.83. The molecule has 3 N–H and O–H groups in total. The monoisotopic (exact) mass is 590 g/mol. The number of aromatic amines is 1. The van der Waals surface area contributed by atoms with Gasteiger partial charge in [0.25, 0.3) is 0 Å². The smallest absolute Gasteiger partial charge is 0.420 e. The zero-order valence-electron chi connectivity index (χ0n) is 21.3. The van der Waals surface area contributed by atoms with Crippen molar-refractivity contribution in [2.24, 2.45) is 0 Å². The number of anilines is 2. The van der Waals surface area contributed by atoms with Gasteiger partial charge in [0.15, 0.2) is 5.82 Å². The second-order valence-electron chi connectivity index (χ2n) is 9.06. The summed E-state index contributed by atoms with van der Waals surface area (Å²) in [6.45, 7) is 0. The van der Waals surface area contributed by atoms with Crippen molar-refractivity contribution < 1.29 is 27.8 Å². The molecule has 0 aromatic carbocycles. The van der Waals surface area contributed by atoms with Crippen LogP contribution in [0.4, 0.5) is 29.7 Å². The number of carboxylic acid groups (broad SMARTS) is 1. The van der Waals surface area contributed by atoms with Crippen molar-refractivity contribution in [3.8, 4) is 28.7 Å². The van der Waals surface area contributed by atoms with Crippen LogP contribution in [0.5, 0.6) is 6.01 Å². The number of alkyl halides is 3. The molecule has 1 aliphatic rings. The van der Waals surface area contributed by atoms with Gasteiger partial charge in [-0.1, -0.05) is 11.6 Å². The maximum atomic E-state index is 13.6. The Labute approximate surface area is 235 Å². The van der Waals surface area contributed by atoms with Crippen molar-refractivity contribution in [1.82, 2.24) is 40.1 Å². The Morgan fingerprint density at radius 1 is 1.05 bits per heavy atom. The zero-order chi connectivity index (χ0) is 29.1. The summed E-state index contributed by atoms with van der Waals surface area (Å²) in [6, 6.07) is -0.389. The fraction of sp³-hybridized carbons (Fsp3) is 0.333. The van der Waals surface area contributed by atoms with Gasteiger partial charge in [-0.25, -0.2) is 29.7 Å². The van der Waals surface area contributed by atoms with Crippen LogP contribution in [-0.4, -0.2) is 70.5 Å². The standard InChI is InChI=1S/C24H22ClF3N10O3/c1-41-22-32-6-12(7-33-22)17-10-30-18(11-29-17)38(23(39)40)14-4-2-13(3-5-14)35-21-31-8-15(24(26,27)28)19(36-21)20-16(25)9-34-37-20/h6-11,13-14H,2-5H2,1H3,(H,34,37)(H,39,40)(H,31,35,36)/t13-,14-. The Bertz CT molecular complexity index is 1510. The first-order valence-corrected chi connectivity index (χ1v) is 12.6. The average molecular weight is 591 g/mol. The highest BCUT2D eigenvalue weighted by Gasteiger charge is 2.37. The van der Waals surface area contributed by atoms with Crippen LogP contribution in [0, 0.1) is 0 Å². The molecule has 0 unspecified atom stereocenters. The fourth-order valence-electron chi connectivity index (χ4n) is 4.53. The Morgan fingerprint density at radius 3 is 2.34 bits per heavy atom. The van der Waals surface area contributed by atoms with E-state index in [0.29, 0.717) is 43.1 Å². The number of carbonyl (C=O) groups is 1. The number of H-pyrrole nitrogens is 1. The van der Waals surface area contributed by atoms with Crippen LogP contribution in [0.1, 0.15) is 31.2 Å². The fourth-order valence-corrected chi connectivity index (χ4v) is 4.71. The molecule has 41 heavy (non-hydrogen) atoms. The number of hydrogen-bond acceptors (Lipinski definition) is 10. The molecule has 1 saturated carbocycles. The maximum Gasteiger partial charge on any atom is 0.420 e. The molecule has 0 saturated heterocycles. The van der Waals surface area contributed by atoms with Crippen molar-refractivity contribution in [3.63, 3.8) is 0 Å². The van der Waals surface area contributed by atoms with Crippen LogP contribution in [0.2, 0.25) is 5.02 Å². The van der Waals surface area contributed by atoms with Crippen LogP contribution >= 0.6 is 11.6 Å². The number of amides is 1. The number of rotatable bonds is 7. The molecular weight excluding hydrogens is 569 g/mol. The van der Waals surface area contributed by atoms with Gasteiger partial charge < -0.3 is 15.2 Å². The average Bonchev–Trinajstić information content (AvgIpc) is 3.39. The maximum absolute atomic E-state index is 13.6. The Balaban J connectivity index is 1.27. The second-order valence-corrected chi connectivity index (χ2v) is 9.46. The largest absolute Gasteiger partial charge is 0.467 e. The van der Waals surface area contributed by atoms with Gasteiger partial charge >= 0.3 is 18.3 Å². The van der Waals surface area contributed by atoms with Gasteiger partial charge in [-0.2, -0.15) is 18.3 Å².